The molecule has 1 aliphatic heterocycles. The quantitative estimate of drug-likeness (QED) is 0.778. The van der Waals surface area contributed by atoms with Gasteiger partial charge in [0.05, 0.1) is 6.10 Å². The number of hydrogen-bond donors (Lipinski definition) is 1. The second-order valence-corrected chi connectivity index (χ2v) is 5.50. The highest BCUT2D eigenvalue weighted by atomic mass is 16.3. The Hall–Kier alpha value is -0.120. The standard InChI is InChI=1S/C13H26N2O/c1-4-15(5-2)12-7-6-10-8-14(3)9-11(12)13(10)16/h10-13,16H,4-9H2,1-3H3/t10?,11?,12-,13+/m1/s1. The lowest BCUT2D eigenvalue weighted by atomic mass is 9.72. The van der Waals surface area contributed by atoms with Gasteiger partial charge >= 0.3 is 0 Å². The van der Waals surface area contributed by atoms with E-state index in [0.717, 1.165) is 26.2 Å². The Morgan fingerprint density at radius 2 is 1.88 bits per heavy atom. The van der Waals surface area contributed by atoms with E-state index < -0.39 is 0 Å². The molecule has 2 rings (SSSR count). The van der Waals surface area contributed by atoms with Crippen LogP contribution in [0.15, 0.2) is 0 Å². The summed E-state index contributed by atoms with van der Waals surface area (Å²) in [7, 11) is 2.19. The van der Waals surface area contributed by atoms with Crippen LogP contribution >= 0.6 is 0 Å². The molecule has 0 amide bonds. The van der Waals surface area contributed by atoms with Gasteiger partial charge in [-0.1, -0.05) is 13.8 Å². The minimum atomic E-state index is -0.0597. The van der Waals surface area contributed by atoms with Gasteiger partial charge < -0.3 is 14.9 Å². The maximum atomic E-state index is 10.4. The van der Waals surface area contributed by atoms with Gasteiger partial charge in [0.1, 0.15) is 0 Å². The molecule has 0 spiro atoms. The summed E-state index contributed by atoms with van der Waals surface area (Å²) < 4.78 is 0. The molecule has 2 aliphatic rings. The number of aliphatic hydroxyl groups is 1. The summed E-state index contributed by atoms with van der Waals surface area (Å²) in [4.78, 5) is 4.93. The predicted octanol–water partition coefficient (Wildman–Crippen LogP) is 1.03. The van der Waals surface area contributed by atoms with Crippen molar-refractivity contribution >= 4 is 0 Å². The molecule has 1 saturated heterocycles. The van der Waals surface area contributed by atoms with Crippen molar-refractivity contribution < 1.29 is 5.11 Å². The molecule has 3 heteroatoms. The van der Waals surface area contributed by atoms with Crippen LogP contribution in [-0.4, -0.2) is 60.3 Å². The zero-order valence-corrected chi connectivity index (χ0v) is 10.9. The van der Waals surface area contributed by atoms with Gasteiger partial charge in [0.2, 0.25) is 0 Å². The fraction of sp³-hybridized carbons (Fsp3) is 1.00. The number of likely N-dealkylation sites (tertiary alicyclic amines) is 1. The van der Waals surface area contributed by atoms with Gasteiger partial charge in [0, 0.05) is 25.0 Å². The number of nitrogens with zero attached hydrogens (tertiary/aromatic N) is 2. The molecule has 2 fully saturated rings. The summed E-state index contributed by atoms with van der Waals surface area (Å²) in [5.74, 6) is 0.993. The van der Waals surface area contributed by atoms with Gasteiger partial charge in [-0.05, 0) is 38.9 Å². The molecule has 0 aromatic rings. The molecule has 0 aromatic carbocycles. The molecule has 0 aromatic heterocycles. The fourth-order valence-corrected chi connectivity index (χ4v) is 3.76. The van der Waals surface area contributed by atoms with Gasteiger partial charge in [-0.3, -0.25) is 0 Å². The third-order valence-electron chi connectivity index (χ3n) is 4.60. The molecule has 16 heavy (non-hydrogen) atoms. The van der Waals surface area contributed by atoms with E-state index in [9.17, 15) is 5.11 Å². The third kappa shape index (κ3) is 2.13. The largest absolute Gasteiger partial charge is 0.392 e. The van der Waals surface area contributed by atoms with Crippen LogP contribution in [0.25, 0.3) is 0 Å². The first-order valence-electron chi connectivity index (χ1n) is 6.78. The smallest absolute Gasteiger partial charge is 0.0635 e. The number of aliphatic hydroxyl groups excluding tert-OH is 1. The zero-order valence-electron chi connectivity index (χ0n) is 10.9. The molecule has 4 atom stereocenters. The monoisotopic (exact) mass is 226 g/mol. The van der Waals surface area contributed by atoms with E-state index >= 15 is 0 Å². The lowest BCUT2D eigenvalue weighted by Gasteiger charge is -2.50. The Bertz CT molecular complexity index is 228. The van der Waals surface area contributed by atoms with Crippen molar-refractivity contribution in [1.29, 1.82) is 0 Å². The van der Waals surface area contributed by atoms with Gasteiger partial charge in [-0.2, -0.15) is 0 Å². The van der Waals surface area contributed by atoms with Crippen LogP contribution in [0.4, 0.5) is 0 Å². The summed E-state index contributed by atoms with van der Waals surface area (Å²) in [6.45, 7) is 8.84. The second-order valence-electron chi connectivity index (χ2n) is 5.50. The summed E-state index contributed by atoms with van der Waals surface area (Å²) in [6, 6.07) is 0.601. The first-order valence-corrected chi connectivity index (χ1v) is 6.78. The summed E-state index contributed by atoms with van der Waals surface area (Å²) in [5.41, 5.74) is 0. The minimum Gasteiger partial charge on any atom is -0.392 e. The second kappa shape index (κ2) is 5.03. The van der Waals surface area contributed by atoms with Crippen LogP contribution in [0, 0.1) is 11.8 Å². The number of rotatable bonds is 3. The molecule has 1 N–H and O–H groups in total. The maximum Gasteiger partial charge on any atom is 0.0635 e. The molecule has 94 valence electrons. The zero-order chi connectivity index (χ0) is 11.7. The predicted molar refractivity (Wildman–Crippen MR) is 66.4 cm³/mol. The van der Waals surface area contributed by atoms with Crippen molar-refractivity contribution in [2.45, 2.75) is 38.8 Å². The van der Waals surface area contributed by atoms with Crippen LogP contribution in [-0.2, 0) is 0 Å². The van der Waals surface area contributed by atoms with E-state index in [-0.39, 0.29) is 6.10 Å². The van der Waals surface area contributed by atoms with Crippen molar-refractivity contribution in [2.75, 3.05) is 33.2 Å². The Morgan fingerprint density at radius 1 is 1.19 bits per heavy atom. The molecule has 0 radical (unpaired) electrons. The van der Waals surface area contributed by atoms with Crippen molar-refractivity contribution in [1.82, 2.24) is 9.80 Å². The van der Waals surface area contributed by atoms with Crippen LogP contribution in [0.3, 0.4) is 0 Å². The molecule has 1 heterocycles. The maximum absolute atomic E-state index is 10.4. The van der Waals surface area contributed by atoms with Crippen molar-refractivity contribution in [3.63, 3.8) is 0 Å². The van der Waals surface area contributed by atoms with Crippen molar-refractivity contribution in [2.24, 2.45) is 11.8 Å². The van der Waals surface area contributed by atoms with Gasteiger partial charge in [0.15, 0.2) is 0 Å². The van der Waals surface area contributed by atoms with Crippen molar-refractivity contribution in [3.05, 3.63) is 0 Å². The lowest BCUT2D eigenvalue weighted by Crippen LogP contribution is -2.59. The Morgan fingerprint density at radius 3 is 2.50 bits per heavy atom. The summed E-state index contributed by atoms with van der Waals surface area (Å²) in [6.07, 6.45) is 2.42. The highest BCUT2D eigenvalue weighted by molar-refractivity contribution is 4.97. The molecular formula is C13H26N2O. The van der Waals surface area contributed by atoms with E-state index in [4.69, 9.17) is 0 Å². The molecular weight excluding hydrogens is 200 g/mol. The van der Waals surface area contributed by atoms with Gasteiger partial charge in [0.25, 0.3) is 0 Å². The Kier molecular flexibility index (Phi) is 3.88. The minimum absolute atomic E-state index is 0.0597. The van der Waals surface area contributed by atoms with E-state index in [1.165, 1.54) is 12.8 Å². The van der Waals surface area contributed by atoms with Gasteiger partial charge in [-0.25, -0.2) is 0 Å². The number of hydrogen-bond acceptors (Lipinski definition) is 3. The van der Waals surface area contributed by atoms with Crippen LogP contribution < -0.4 is 0 Å². The molecule has 2 bridgehead atoms. The SMILES string of the molecule is CCN(CC)[C@@H]1CCC2CN(C)CC1[C@H]2O. The molecule has 3 nitrogen and oxygen atoms in total. The van der Waals surface area contributed by atoms with E-state index in [2.05, 4.69) is 30.7 Å². The van der Waals surface area contributed by atoms with E-state index in [1.54, 1.807) is 0 Å². The Balaban J connectivity index is 2.10. The summed E-state index contributed by atoms with van der Waals surface area (Å²) in [5, 5.41) is 10.4. The fourth-order valence-electron chi connectivity index (χ4n) is 3.76. The number of fused-ring (bicyclic) bond motifs is 2. The number of piperidine rings is 1. The normalized spacial score (nSPS) is 40.3. The lowest BCUT2D eigenvalue weighted by molar-refractivity contribution is -0.0822. The van der Waals surface area contributed by atoms with Crippen LogP contribution in [0.1, 0.15) is 26.7 Å². The summed E-state index contributed by atoms with van der Waals surface area (Å²) >= 11 is 0. The third-order valence-corrected chi connectivity index (χ3v) is 4.60. The average Bonchev–Trinajstić information content (AvgIpc) is 2.25. The van der Waals surface area contributed by atoms with E-state index in [0.29, 0.717) is 17.9 Å². The highest BCUT2D eigenvalue weighted by Gasteiger charge is 2.43. The Labute approximate surface area is 99.4 Å². The molecule has 1 aliphatic carbocycles. The molecule has 2 unspecified atom stereocenters. The highest BCUT2D eigenvalue weighted by Crippen LogP contribution is 2.36. The van der Waals surface area contributed by atoms with Gasteiger partial charge in [-0.15, -0.1) is 0 Å². The van der Waals surface area contributed by atoms with Crippen LogP contribution in [0.5, 0.6) is 0 Å². The first kappa shape index (κ1) is 12.3. The van der Waals surface area contributed by atoms with Crippen molar-refractivity contribution in [3.8, 4) is 0 Å². The first-order chi connectivity index (χ1) is 7.67. The topological polar surface area (TPSA) is 26.7 Å². The average molecular weight is 226 g/mol. The van der Waals surface area contributed by atoms with Crippen LogP contribution in [0.2, 0.25) is 0 Å². The molecule has 1 saturated carbocycles. The van der Waals surface area contributed by atoms with E-state index in [1.807, 2.05) is 0 Å².